The molecule has 96 valence electrons. The van der Waals surface area contributed by atoms with Crippen LogP contribution in [0.5, 0.6) is 0 Å². The monoisotopic (exact) mass is 276 g/mol. The van der Waals surface area contributed by atoms with Crippen LogP contribution in [0.1, 0.15) is 0 Å². The topological polar surface area (TPSA) is 52.0 Å². The Hall–Kier alpha value is -1.83. The molecule has 0 saturated carbocycles. The summed E-state index contributed by atoms with van der Waals surface area (Å²) in [5, 5.41) is 0. The van der Waals surface area contributed by atoms with Gasteiger partial charge in [-0.15, -0.1) is 0 Å². The molecule has 0 saturated heterocycles. The van der Waals surface area contributed by atoms with Gasteiger partial charge in [-0.05, 0) is 0 Å². The minimum absolute atomic E-state index is 0.127. The van der Waals surface area contributed by atoms with Crippen LogP contribution in [-0.4, -0.2) is 22.9 Å². The molecule has 0 amide bonds. The van der Waals surface area contributed by atoms with Gasteiger partial charge in [-0.3, -0.25) is 0 Å². The van der Waals surface area contributed by atoms with Gasteiger partial charge in [0.2, 0.25) is 0 Å². The van der Waals surface area contributed by atoms with Crippen LogP contribution in [0.25, 0.3) is 11.4 Å². The molecule has 0 bridgehead atoms. The Labute approximate surface area is 101 Å². The Bertz CT molecular complexity index is 647. The van der Waals surface area contributed by atoms with Gasteiger partial charge >= 0.3 is 15.5 Å². The Morgan fingerprint density at radius 1 is 1.11 bits per heavy atom. The number of nitrogens with zero attached hydrogens (tertiary/aromatic N) is 2. The van der Waals surface area contributed by atoms with E-state index in [0.29, 0.717) is 0 Å². The number of halogens is 3. The Balaban J connectivity index is 2.61. The van der Waals surface area contributed by atoms with Crippen molar-refractivity contribution in [2.75, 3.05) is 0 Å². The zero-order valence-electron chi connectivity index (χ0n) is 8.79. The van der Waals surface area contributed by atoms with Gasteiger partial charge in [0.25, 0.3) is 0 Å². The molecule has 1 aromatic heterocycles. The molecule has 18 heavy (non-hydrogen) atoms. The average molecular weight is 276 g/mol. The molecule has 4 nitrogen and oxygen atoms in total. The van der Waals surface area contributed by atoms with E-state index in [4.69, 9.17) is 0 Å². The summed E-state index contributed by atoms with van der Waals surface area (Å²) in [4.78, 5) is 3.65. The van der Waals surface area contributed by atoms with Crippen molar-refractivity contribution in [3.8, 4) is 11.4 Å². The third-order valence-corrected chi connectivity index (χ3v) is 3.59. The fourth-order valence-corrected chi connectivity index (χ4v) is 2.20. The predicted molar refractivity (Wildman–Crippen MR) is 58.0 cm³/mol. The van der Waals surface area contributed by atoms with Crippen LogP contribution in [0, 0.1) is 0 Å². The van der Waals surface area contributed by atoms with Gasteiger partial charge in [0.1, 0.15) is 0 Å². The first kappa shape index (κ1) is 12.6. The molecule has 0 aliphatic heterocycles. The maximum absolute atomic E-state index is 12.5. The largest absolute Gasteiger partial charge is 0.517 e. The molecular weight excluding hydrogens is 269 g/mol. The van der Waals surface area contributed by atoms with Crippen LogP contribution in [0.4, 0.5) is 13.2 Å². The first-order valence-corrected chi connectivity index (χ1v) is 6.18. The summed E-state index contributed by atoms with van der Waals surface area (Å²) in [6.07, 6.45) is 1.77. The molecule has 2 aromatic rings. The number of benzene rings is 1. The Morgan fingerprint density at radius 3 is 2.28 bits per heavy atom. The summed E-state index contributed by atoms with van der Waals surface area (Å²) in [5.41, 5.74) is -5.08. The van der Waals surface area contributed by atoms with Gasteiger partial charge < -0.3 is 0 Å². The summed E-state index contributed by atoms with van der Waals surface area (Å²) in [6.45, 7) is 0. The highest BCUT2D eigenvalue weighted by molar-refractivity contribution is 7.90. The predicted octanol–water partition coefficient (Wildman–Crippen LogP) is 2.25. The zero-order chi connectivity index (χ0) is 13.4. The third kappa shape index (κ3) is 1.99. The fraction of sp³-hybridized carbons (Fsp3) is 0.100. The normalized spacial score (nSPS) is 12.6. The molecule has 0 spiro atoms. The minimum atomic E-state index is -5.46. The highest BCUT2D eigenvalue weighted by Crippen LogP contribution is 2.29. The van der Waals surface area contributed by atoms with Gasteiger partial charge in [0.05, 0.1) is 0 Å². The lowest BCUT2D eigenvalue weighted by Crippen LogP contribution is -2.29. The fourth-order valence-electron chi connectivity index (χ4n) is 1.39. The van der Waals surface area contributed by atoms with Gasteiger partial charge in [-0.2, -0.15) is 21.6 Å². The molecule has 1 heterocycles. The second kappa shape index (κ2) is 4.13. The quantitative estimate of drug-likeness (QED) is 0.845. The summed E-state index contributed by atoms with van der Waals surface area (Å²) in [7, 11) is -5.46. The molecule has 0 aliphatic rings. The Morgan fingerprint density at radius 2 is 1.72 bits per heavy atom. The van der Waals surface area contributed by atoms with Crippen molar-refractivity contribution >= 4 is 10.0 Å². The smallest absolute Gasteiger partial charge is 0.236 e. The number of aromatic nitrogens is 2. The van der Waals surface area contributed by atoms with E-state index in [1.165, 1.54) is 12.1 Å². The molecule has 2 rings (SSSR count). The number of hydrogen-bond acceptors (Lipinski definition) is 3. The second-order valence-electron chi connectivity index (χ2n) is 3.36. The zero-order valence-corrected chi connectivity index (χ0v) is 9.61. The highest BCUT2D eigenvalue weighted by atomic mass is 32.2. The van der Waals surface area contributed by atoms with E-state index in [-0.39, 0.29) is 15.4 Å². The molecule has 0 atom stereocenters. The average Bonchev–Trinajstić information content (AvgIpc) is 2.78. The lowest BCUT2D eigenvalue weighted by molar-refractivity contribution is -0.0445. The van der Waals surface area contributed by atoms with E-state index in [1.54, 1.807) is 18.2 Å². The van der Waals surface area contributed by atoms with Crippen molar-refractivity contribution in [1.29, 1.82) is 0 Å². The molecule has 0 unspecified atom stereocenters. The van der Waals surface area contributed by atoms with E-state index < -0.39 is 15.5 Å². The maximum atomic E-state index is 12.5. The van der Waals surface area contributed by atoms with Crippen molar-refractivity contribution in [1.82, 2.24) is 8.96 Å². The molecule has 1 aromatic carbocycles. The number of imidazole rings is 1. The van der Waals surface area contributed by atoms with Crippen LogP contribution in [0.2, 0.25) is 0 Å². The van der Waals surface area contributed by atoms with Crippen LogP contribution >= 0.6 is 0 Å². The molecule has 0 N–H and O–H groups in total. The van der Waals surface area contributed by atoms with Crippen molar-refractivity contribution in [2.45, 2.75) is 5.51 Å². The third-order valence-electron chi connectivity index (χ3n) is 2.19. The molecule has 0 fully saturated rings. The summed E-state index contributed by atoms with van der Waals surface area (Å²) in [5.74, 6) is -0.270. The molecular formula is C10H7F3N2O2S. The SMILES string of the molecule is O=S(=O)(n1ccnc1-c1ccccc1)C(F)(F)F. The van der Waals surface area contributed by atoms with Gasteiger partial charge in [-0.25, -0.2) is 8.96 Å². The number of rotatable bonds is 2. The summed E-state index contributed by atoms with van der Waals surface area (Å²) in [6, 6.07) is 7.77. The van der Waals surface area contributed by atoms with Crippen molar-refractivity contribution in [2.24, 2.45) is 0 Å². The summed E-state index contributed by atoms with van der Waals surface area (Å²) >= 11 is 0. The van der Waals surface area contributed by atoms with E-state index in [0.717, 1.165) is 12.4 Å². The lowest BCUT2D eigenvalue weighted by atomic mass is 10.2. The van der Waals surface area contributed by atoms with E-state index in [9.17, 15) is 21.6 Å². The van der Waals surface area contributed by atoms with Crippen molar-refractivity contribution in [3.05, 3.63) is 42.7 Å². The maximum Gasteiger partial charge on any atom is 0.517 e. The van der Waals surface area contributed by atoms with Gasteiger partial charge in [-0.1, -0.05) is 30.3 Å². The second-order valence-corrected chi connectivity index (χ2v) is 5.17. The first-order chi connectivity index (χ1) is 8.34. The van der Waals surface area contributed by atoms with E-state index in [1.807, 2.05) is 0 Å². The molecule has 0 radical (unpaired) electrons. The van der Waals surface area contributed by atoms with E-state index in [2.05, 4.69) is 4.98 Å². The summed E-state index contributed by atoms with van der Waals surface area (Å²) < 4.78 is 60.1. The number of alkyl halides is 3. The number of hydrogen-bond donors (Lipinski definition) is 0. The standard InChI is InChI=1S/C10H7F3N2O2S/c11-10(12,13)18(16,17)15-7-6-14-9(15)8-4-2-1-3-5-8/h1-7H. The first-order valence-electron chi connectivity index (χ1n) is 4.74. The van der Waals surface area contributed by atoms with Crippen LogP contribution < -0.4 is 0 Å². The lowest BCUT2D eigenvalue weighted by Gasteiger charge is -2.11. The van der Waals surface area contributed by atoms with Gasteiger partial charge in [0.15, 0.2) is 5.82 Å². The van der Waals surface area contributed by atoms with Crippen LogP contribution in [0.15, 0.2) is 42.7 Å². The molecule has 8 heteroatoms. The minimum Gasteiger partial charge on any atom is -0.236 e. The van der Waals surface area contributed by atoms with E-state index >= 15 is 0 Å². The van der Waals surface area contributed by atoms with Crippen molar-refractivity contribution in [3.63, 3.8) is 0 Å². The van der Waals surface area contributed by atoms with Gasteiger partial charge in [0, 0.05) is 18.0 Å². The Kier molecular flexibility index (Phi) is 2.89. The molecule has 0 aliphatic carbocycles. The van der Waals surface area contributed by atoms with Crippen molar-refractivity contribution < 1.29 is 21.6 Å². The highest BCUT2D eigenvalue weighted by Gasteiger charge is 2.48. The van der Waals surface area contributed by atoms with Crippen LogP contribution in [-0.2, 0) is 10.0 Å². The van der Waals surface area contributed by atoms with Crippen LogP contribution in [0.3, 0.4) is 0 Å².